The van der Waals surface area contributed by atoms with Crippen LogP contribution in [0.2, 0.25) is 0 Å². The van der Waals surface area contributed by atoms with Crippen LogP contribution in [0.4, 0.5) is 4.79 Å². The highest BCUT2D eigenvalue weighted by Crippen LogP contribution is 2.44. The Bertz CT molecular complexity index is 749. The third-order valence-corrected chi connectivity index (χ3v) is 5.54. The van der Waals surface area contributed by atoms with Crippen LogP contribution in [0.1, 0.15) is 44.2 Å². The van der Waals surface area contributed by atoms with Gasteiger partial charge in [-0.15, -0.1) is 0 Å². The Balaban J connectivity index is 1.62. The third-order valence-electron chi connectivity index (χ3n) is 5.54. The van der Waals surface area contributed by atoms with Crippen molar-refractivity contribution in [3.05, 3.63) is 59.7 Å². The van der Waals surface area contributed by atoms with Crippen LogP contribution in [0.3, 0.4) is 0 Å². The van der Waals surface area contributed by atoms with Gasteiger partial charge in [-0.1, -0.05) is 69.3 Å². The van der Waals surface area contributed by atoms with E-state index in [0.29, 0.717) is 19.6 Å². The van der Waals surface area contributed by atoms with E-state index in [1.165, 1.54) is 22.3 Å². The molecule has 0 bridgehead atoms. The summed E-state index contributed by atoms with van der Waals surface area (Å²) in [6, 6.07) is 16.6. The Hall–Kier alpha value is -2.33. The molecular weight excluding hydrogens is 338 g/mol. The lowest BCUT2D eigenvalue weighted by molar-refractivity contribution is 0.130. The summed E-state index contributed by atoms with van der Waals surface area (Å²) in [6.07, 6.45) is 0.261. The normalized spacial score (nSPS) is 14.4. The number of carbonyl (C=O) groups excluding carboxylic acids is 1. The van der Waals surface area contributed by atoms with Crippen molar-refractivity contribution in [3.8, 4) is 11.1 Å². The van der Waals surface area contributed by atoms with Crippen LogP contribution in [-0.4, -0.2) is 31.0 Å². The van der Waals surface area contributed by atoms with E-state index < -0.39 is 6.09 Å². The number of carbonyl (C=O) groups is 1. The van der Waals surface area contributed by atoms with Crippen LogP contribution >= 0.6 is 0 Å². The molecule has 144 valence electrons. The summed E-state index contributed by atoms with van der Waals surface area (Å²) in [7, 11) is 0. The number of rotatable bonds is 6. The molecule has 4 heteroatoms. The van der Waals surface area contributed by atoms with Crippen molar-refractivity contribution in [1.29, 1.82) is 0 Å². The van der Waals surface area contributed by atoms with Crippen molar-refractivity contribution in [2.75, 3.05) is 19.8 Å². The Morgan fingerprint density at radius 3 is 2.15 bits per heavy atom. The zero-order valence-corrected chi connectivity index (χ0v) is 16.4. The monoisotopic (exact) mass is 367 g/mol. The van der Waals surface area contributed by atoms with Gasteiger partial charge in [-0.2, -0.15) is 0 Å². The second-order valence-electron chi connectivity index (χ2n) is 8.28. The van der Waals surface area contributed by atoms with E-state index in [1.54, 1.807) is 0 Å². The van der Waals surface area contributed by atoms with Gasteiger partial charge in [0.25, 0.3) is 0 Å². The fraction of sp³-hybridized carbons (Fsp3) is 0.435. The number of alkyl carbamates (subject to hydrolysis) is 1. The number of hydrogen-bond acceptors (Lipinski definition) is 3. The number of ether oxygens (including phenoxy) is 1. The molecule has 0 fully saturated rings. The van der Waals surface area contributed by atoms with Crippen molar-refractivity contribution in [1.82, 2.24) is 5.32 Å². The summed E-state index contributed by atoms with van der Waals surface area (Å²) < 4.78 is 5.57. The van der Waals surface area contributed by atoms with Crippen LogP contribution in [0, 0.1) is 11.3 Å². The highest BCUT2D eigenvalue weighted by Gasteiger charge is 2.29. The van der Waals surface area contributed by atoms with Gasteiger partial charge >= 0.3 is 6.09 Å². The fourth-order valence-corrected chi connectivity index (χ4v) is 3.85. The summed E-state index contributed by atoms with van der Waals surface area (Å²) in [5.41, 5.74) is 4.87. The van der Waals surface area contributed by atoms with Gasteiger partial charge in [-0.05, 0) is 40.0 Å². The summed E-state index contributed by atoms with van der Waals surface area (Å²) in [5.74, 6) is 0.266. The van der Waals surface area contributed by atoms with Crippen molar-refractivity contribution in [3.63, 3.8) is 0 Å². The number of aliphatic hydroxyl groups is 1. The molecule has 1 atom stereocenters. The molecule has 0 heterocycles. The first-order valence-corrected chi connectivity index (χ1v) is 9.61. The molecule has 0 aromatic heterocycles. The van der Waals surface area contributed by atoms with Crippen molar-refractivity contribution in [2.24, 2.45) is 11.3 Å². The van der Waals surface area contributed by atoms with E-state index in [-0.39, 0.29) is 23.9 Å². The third kappa shape index (κ3) is 4.33. The Morgan fingerprint density at radius 1 is 1.07 bits per heavy atom. The quantitative estimate of drug-likeness (QED) is 0.786. The van der Waals surface area contributed by atoms with Gasteiger partial charge in [0.15, 0.2) is 0 Å². The first-order chi connectivity index (χ1) is 12.9. The summed E-state index contributed by atoms with van der Waals surface area (Å²) in [6.45, 7) is 7.29. The molecule has 1 unspecified atom stereocenters. The van der Waals surface area contributed by atoms with Gasteiger partial charge in [0, 0.05) is 19.1 Å². The molecule has 3 rings (SSSR count). The summed E-state index contributed by atoms with van der Waals surface area (Å²) in [5, 5.41) is 12.1. The first kappa shape index (κ1) is 19.4. The van der Waals surface area contributed by atoms with E-state index >= 15 is 0 Å². The molecule has 0 radical (unpaired) electrons. The Kier molecular flexibility index (Phi) is 5.85. The van der Waals surface area contributed by atoms with Crippen LogP contribution in [-0.2, 0) is 4.74 Å². The maximum atomic E-state index is 12.3. The second-order valence-corrected chi connectivity index (χ2v) is 8.28. The van der Waals surface area contributed by atoms with E-state index in [0.717, 1.165) is 0 Å². The van der Waals surface area contributed by atoms with Gasteiger partial charge in [0.05, 0.1) is 0 Å². The molecule has 27 heavy (non-hydrogen) atoms. The zero-order valence-electron chi connectivity index (χ0n) is 16.4. The van der Waals surface area contributed by atoms with Gasteiger partial charge in [0.1, 0.15) is 6.61 Å². The molecule has 0 saturated carbocycles. The van der Waals surface area contributed by atoms with Crippen molar-refractivity contribution < 1.29 is 14.6 Å². The lowest BCUT2D eigenvalue weighted by atomic mass is 9.79. The molecule has 0 aliphatic heterocycles. The molecule has 2 aromatic carbocycles. The van der Waals surface area contributed by atoms with Crippen LogP contribution in [0.25, 0.3) is 11.1 Å². The molecule has 4 nitrogen and oxygen atoms in total. The average molecular weight is 367 g/mol. The highest BCUT2D eigenvalue weighted by molar-refractivity contribution is 5.79. The lowest BCUT2D eigenvalue weighted by Gasteiger charge is -2.30. The van der Waals surface area contributed by atoms with Crippen LogP contribution in [0.5, 0.6) is 0 Å². The highest BCUT2D eigenvalue weighted by atomic mass is 16.5. The minimum Gasteiger partial charge on any atom is -0.449 e. The molecule has 0 spiro atoms. The van der Waals surface area contributed by atoms with E-state index in [4.69, 9.17) is 4.74 Å². The van der Waals surface area contributed by atoms with Crippen molar-refractivity contribution in [2.45, 2.75) is 33.1 Å². The van der Waals surface area contributed by atoms with E-state index in [9.17, 15) is 9.90 Å². The topological polar surface area (TPSA) is 58.6 Å². The molecule has 1 aliphatic carbocycles. The maximum Gasteiger partial charge on any atom is 0.407 e. The van der Waals surface area contributed by atoms with Crippen LogP contribution < -0.4 is 5.32 Å². The summed E-state index contributed by atoms with van der Waals surface area (Å²) in [4.78, 5) is 12.3. The Labute approximate surface area is 161 Å². The van der Waals surface area contributed by atoms with E-state index in [2.05, 4.69) is 50.4 Å². The number of amides is 1. The molecule has 1 aliphatic rings. The SMILES string of the molecule is CC(C)(C)C(CCO)CNC(=O)OCC1c2ccccc2-c2ccccc21. The number of aliphatic hydroxyl groups excluding tert-OH is 1. The van der Waals surface area contributed by atoms with Gasteiger partial charge in [-0.3, -0.25) is 0 Å². The largest absolute Gasteiger partial charge is 0.449 e. The average Bonchev–Trinajstić information content (AvgIpc) is 2.96. The number of hydrogen-bond donors (Lipinski definition) is 2. The molecule has 1 amide bonds. The van der Waals surface area contributed by atoms with Gasteiger partial charge < -0.3 is 15.2 Å². The van der Waals surface area contributed by atoms with Crippen molar-refractivity contribution >= 4 is 6.09 Å². The van der Waals surface area contributed by atoms with Gasteiger partial charge in [-0.25, -0.2) is 4.79 Å². The summed E-state index contributed by atoms with van der Waals surface area (Å²) >= 11 is 0. The maximum absolute atomic E-state index is 12.3. The zero-order chi connectivity index (χ0) is 19.4. The van der Waals surface area contributed by atoms with Gasteiger partial charge in [0.2, 0.25) is 0 Å². The molecule has 2 N–H and O–H groups in total. The number of nitrogens with one attached hydrogen (secondary N) is 1. The number of fused-ring (bicyclic) bond motifs is 3. The first-order valence-electron chi connectivity index (χ1n) is 9.61. The second kappa shape index (κ2) is 8.13. The lowest BCUT2D eigenvalue weighted by Crippen LogP contribution is -2.36. The molecular formula is C23H29NO3. The smallest absolute Gasteiger partial charge is 0.407 e. The molecule has 0 saturated heterocycles. The number of benzene rings is 2. The predicted octanol–water partition coefficient (Wildman–Crippen LogP) is 4.57. The standard InChI is InChI=1S/C23H29NO3/c1-23(2,3)16(12-13-25)14-24-22(26)27-15-21-19-10-6-4-8-17(19)18-9-5-7-11-20(18)21/h4-11,16,21,25H,12-15H2,1-3H3,(H,24,26). The molecule has 2 aromatic rings. The predicted molar refractivity (Wildman–Crippen MR) is 108 cm³/mol. The minimum absolute atomic E-state index is 0.0132. The fourth-order valence-electron chi connectivity index (χ4n) is 3.85. The Morgan fingerprint density at radius 2 is 1.63 bits per heavy atom. The van der Waals surface area contributed by atoms with Crippen LogP contribution in [0.15, 0.2) is 48.5 Å². The van der Waals surface area contributed by atoms with E-state index in [1.807, 2.05) is 24.3 Å². The minimum atomic E-state index is -0.399.